The molecule has 0 fully saturated rings. The number of nitrogens with one attached hydrogen (secondary N) is 3. The molecule has 31 heavy (non-hydrogen) atoms. The van der Waals surface area contributed by atoms with Gasteiger partial charge < -0.3 is 38.3 Å². The van der Waals surface area contributed by atoms with Crippen LogP contribution in [0.5, 0.6) is 0 Å². The van der Waals surface area contributed by atoms with Crippen LogP contribution in [0, 0.1) is 5.92 Å². The van der Waals surface area contributed by atoms with Crippen LogP contribution in [-0.4, -0.2) is 71.2 Å². The van der Waals surface area contributed by atoms with Crippen molar-refractivity contribution in [2.45, 2.75) is 64.2 Å². The summed E-state index contributed by atoms with van der Waals surface area (Å²) < 4.78 is 0. The van der Waals surface area contributed by atoms with E-state index in [1.807, 2.05) is 13.8 Å². The molecule has 0 aliphatic heterocycles. The maximum atomic E-state index is 12.9. The Morgan fingerprint density at radius 3 is 1.90 bits per heavy atom. The van der Waals surface area contributed by atoms with Gasteiger partial charge in [-0.3, -0.25) is 19.4 Å². The minimum Gasteiger partial charge on any atom is -0.480 e. The third kappa shape index (κ3) is 12.0. The lowest BCUT2D eigenvalue weighted by Crippen LogP contribution is -2.57. The number of amides is 3. The summed E-state index contributed by atoms with van der Waals surface area (Å²) in [5, 5.41) is 16.6. The topological polar surface area (TPSA) is 215 Å². The van der Waals surface area contributed by atoms with E-state index in [2.05, 4.69) is 33.6 Å². The number of carbonyl (C=O) groups is 4. The van der Waals surface area contributed by atoms with Crippen molar-refractivity contribution in [1.29, 1.82) is 0 Å². The van der Waals surface area contributed by atoms with E-state index >= 15 is 0 Å². The molecule has 12 nitrogen and oxygen atoms in total. The molecule has 178 valence electrons. The van der Waals surface area contributed by atoms with E-state index in [-0.39, 0.29) is 37.0 Å². The number of thiol groups is 1. The Bertz CT molecular complexity index is 653. The van der Waals surface area contributed by atoms with Crippen molar-refractivity contribution in [3.05, 3.63) is 0 Å². The molecular formula is C18H35N7O5S. The van der Waals surface area contributed by atoms with Crippen LogP contribution in [0.25, 0.3) is 0 Å². The standard InChI is InChI=1S/C18H35N7O5S/c1-9(2)7-12(16(28)25-13(8-31)17(29)30)24-15(27)11(23-14(26)10(3)19)5-4-6-22-18(20)21/h9-13,31H,4-8,19H2,1-3H3,(H,23,26)(H,24,27)(H,25,28)(H,29,30)(H4,20,21,22). The second-order valence-electron chi connectivity index (χ2n) is 7.57. The molecule has 0 aromatic carbocycles. The number of hydrogen-bond acceptors (Lipinski definition) is 7. The van der Waals surface area contributed by atoms with Crippen molar-refractivity contribution < 1.29 is 24.3 Å². The molecule has 0 bridgehead atoms. The van der Waals surface area contributed by atoms with Crippen LogP contribution in [0.15, 0.2) is 4.99 Å². The van der Waals surface area contributed by atoms with E-state index in [0.717, 1.165) is 0 Å². The molecule has 0 aliphatic rings. The second-order valence-corrected chi connectivity index (χ2v) is 7.94. The van der Waals surface area contributed by atoms with E-state index in [1.165, 1.54) is 6.92 Å². The first-order valence-electron chi connectivity index (χ1n) is 9.94. The number of carboxylic acids is 1. The minimum atomic E-state index is -1.24. The average molecular weight is 462 g/mol. The predicted molar refractivity (Wildman–Crippen MR) is 120 cm³/mol. The third-order valence-electron chi connectivity index (χ3n) is 4.13. The molecule has 0 aromatic heterocycles. The zero-order chi connectivity index (χ0) is 24.1. The highest BCUT2D eigenvalue weighted by Gasteiger charge is 2.29. The summed E-state index contributed by atoms with van der Waals surface area (Å²) in [6.07, 6.45) is 0.848. The van der Waals surface area contributed by atoms with Gasteiger partial charge in [0, 0.05) is 12.3 Å². The average Bonchev–Trinajstić information content (AvgIpc) is 2.66. The maximum absolute atomic E-state index is 12.9. The normalized spacial score (nSPS) is 14.6. The number of nitrogens with zero attached hydrogens (tertiary/aromatic N) is 1. The number of rotatable bonds is 14. The molecule has 0 heterocycles. The number of carboxylic acid groups (broad SMARTS) is 1. The van der Waals surface area contributed by atoms with Gasteiger partial charge in [0.15, 0.2) is 5.96 Å². The summed E-state index contributed by atoms with van der Waals surface area (Å²) in [6.45, 7) is 5.43. The molecule has 3 amide bonds. The van der Waals surface area contributed by atoms with Crippen LogP contribution in [0.4, 0.5) is 0 Å². The van der Waals surface area contributed by atoms with Gasteiger partial charge in [0.2, 0.25) is 17.7 Å². The molecule has 0 saturated carbocycles. The first kappa shape index (κ1) is 28.5. The number of hydrogen-bond donors (Lipinski definition) is 8. The first-order chi connectivity index (χ1) is 14.4. The Kier molecular flexibility index (Phi) is 13.3. The maximum Gasteiger partial charge on any atom is 0.327 e. The van der Waals surface area contributed by atoms with Gasteiger partial charge in [0.25, 0.3) is 0 Å². The molecule has 0 spiro atoms. The summed E-state index contributed by atoms with van der Waals surface area (Å²) in [7, 11) is 0. The van der Waals surface area contributed by atoms with E-state index in [1.54, 1.807) is 0 Å². The van der Waals surface area contributed by atoms with Gasteiger partial charge in [-0.1, -0.05) is 13.8 Å². The van der Waals surface area contributed by atoms with Crippen molar-refractivity contribution >= 4 is 42.3 Å². The van der Waals surface area contributed by atoms with Gasteiger partial charge in [-0.2, -0.15) is 12.6 Å². The largest absolute Gasteiger partial charge is 0.480 e. The molecular weight excluding hydrogens is 426 g/mol. The Morgan fingerprint density at radius 2 is 1.45 bits per heavy atom. The Balaban J connectivity index is 5.37. The van der Waals surface area contributed by atoms with Gasteiger partial charge >= 0.3 is 5.97 Å². The molecule has 10 N–H and O–H groups in total. The summed E-state index contributed by atoms with van der Waals surface area (Å²) in [6, 6.07) is -4.01. The van der Waals surface area contributed by atoms with E-state index in [9.17, 15) is 19.2 Å². The Hall–Kier alpha value is -2.54. The molecule has 4 unspecified atom stereocenters. The number of guanidine groups is 1. The highest BCUT2D eigenvalue weighted by atomic mass is 32.1. The number of aliphatic carboxylic acids is 1. The fourth-order valence-electron chi connectivity index (χ4n) is 2.51. The molecule has 0 aliphatic carbocycles. The first-order valence-corrected chi connectivity index (χ1v) is 10.6. The van der Waals surface area contributed by atoms with Crippen molar-refractivity contribution in [3.63, 3.8) is 0 Å². The zero-order valence-corrected chi connectivity index (χ0v) is 19.0. The van der Waals surface area contributed by atoms with Gasteiger partial charge in [-0.15, -0.1) is 0 Å². The zero-order valence-electron chi connectivity index (χ0n) is 18.1. The highest BCUT2D eigenvalue weighted by Crippen LogP contribution is 2.08. The summed E-state index contributed by atoms with van der Waals surface area (Å²) in [5.74, 6) is -3.20. The molecule has 4 atom stereocenters. The number of aliphatic imine (C=N–C) groups is 1. The van der Waals surface area contributed by atoms with Gasteiger partial charge in [-0.25, -0.2) is 4.79 Å². The lowest BCUT2D eigenvalue weighted by Gasteiger charge is -2.25. The number of nitrogens with two attached hydrogens (primary N) is 3. The fourth-order valence-corrected chi connectivity index (χ4v) is 2.76. The molecule has 0 rings (SSSR count). The molecule has 0 saturated heterocycles. The Labute approximate surface area is 187 Å². The fraction of sp³-hybridized carbons (Fsp3) is 0.722. The smallest absolute Gasteiger partial charge is 0.327 e. The SMILES string of the molecule is CC(C)CC(NC(=O)C(CCCN=C(N)N)NC(=O)C(C)N)C(=O)NC(CS)C(=O)O. The molecule has 0 radical (unpaired) electrons. The van der Waals surface area contributed by atoms with Crippen molar-refractivity contribution in [1.82, 2.24) is 16.0 Å². The lowest BCUT2D eigenvalue weighted by molar-refractivity contribution is -0.141. The van der Waals surface area contributed by atoms with Crippen molar-refractivity contribution in [3.8, 4) is 0 Å². The third-order valence-corrected chi connectivity index (χ3v) is 4.49. The van der Waals surface area contributed by atoms with Crippen LogP contribution in [0.1, 0.15) is 40.0 Å². The van der Waals surface area contributed by atoms with Crippen LogP contribution in [0.3, 0.4) is 0 Å². The Morgan fingerprint density at radius 1 is 0.935 bits per heavy atom. The van der Waals surface area contributed by atoms with E-state index < -0.39 is 47.9 Å². The van der Waals surface area contributed by atoms with Gasteiger partial charge in [0.1, 0.15) is 18.1 Å². The summed E-state index contributed by atoms with van der Waals surface area (Å²) in [5.41, 5.74) is 16.1. The molecule has 13 heteroatoms. The van der Waals surface area contributed by atoms with Crippen LogP contribution in [0.2, 0.25) is 0 Å². The second kappa shape index (κ2) is 14.5. The lowest BCUT2D eigenvalue weighted by atomic mass is 10.0. The highest BCUT2D eigenvalue weighted by molar-refractivity contribution is 7.80. The monoisotopic (exact) mass is 461 g/mol. The minimum absolute atomic E-state index is 0.0225. The van der Waals surface area contributed by atoms with Gasteiger partial charge in [0.05, 0.1) is 6.04 Å². The van der Waals surface area contributed by atoms with Crippen molar-refractivity contribution in [2.75, 3.05) is 12.3 Å². The van der Waals surface area contributed by atoms with E-state index in [4.69, 9.17) is 22.3 Å². The number of carbonyl (C=O) groups excluding carboxylic acids is 3. The van der Waals surface area contributed by atoms with Gasteiger partial charge in [-0.05, 0) is 32.1 Å². The quantitative estimate of drug-likeness (QED) is 0.0619. The molecule has 0 aromatic rings. The predicted octanol–water partition coefficient (Wildman–Crippen LogP) is -2.10. The van der Waals surface area contributed by atoms with Crippen LogP contribution < -0.4 is 33.2 Å². The van der Waals surface area contributed by atoms with Crippen LogP contribution >= 0.6 is 12.6 Å². The summed E-state index contributed by atoms with van der Waals surface area (Å²) >= 11 is 3.92. The van der Waals surface area contributed by atoms with E-state index in [0.29, 0.717) is 6.42 Å². The van der Waals surface area contributed by atoms with Crippen LogP contribution in [-0.2, 0) is 19.2 Å². The summed E-state index contributed by atoms with van der Waals surface area (Å²) in [4.78, 5) is 52.5. The van der Waals surface area contributed by atoms with Crippen molar-refractivity contribution in [2.24, 2.45) is 28.1 Å².